The molecule has 0 bridgehead atoms. The highest BCUT2D eigenvalue weighted by Gasteiger charge is 2.23. The van der Waals surface area contributed by atoms with Crippen LogP contribution in [-0.4, -0.2) is 26.5 Å². The molecule has 1 fully saturated rings. The second-order valence-electron chi connectivity index (χ2n) is 6.85. The standard InChI is InChI=1S/C20H22N4O/c1-14-5-2-3-6-17(14)23-20(25)15-8-10-16(11-9-15)24-13-22-18-7-4-12-21-19(18)24/h4,7-14,17H,2-3,5-6H2,1H3,(H,23,25). The number of amides is 1. The van der Waals surface area contributed by atoms with Gasteiger partial charge in [-0.05, 0) is 55.2 Å². The molecule has 1 saturated carbocycles. The average Bonchev–Trinajstić information content (AvgIpc) is 3.08. The summed E-state index contributed by atoms with van der Waals surface area (Å²) in [6, 6.07) is 11.7. The number of fused-ring (bicyclic) bond motifs is 1. The van der Waals surface area contributed by atoms with Gasteiger partial charge in [0.25, 0.3) is 5.91 Å². The zero-order valence-electron chi connectivity index (χ0n) is 14.4. The minimum absolute atomic E-state index is 0.0129. The van der Waals surface area contributed by atoms with Crippen LogP contribution in [-0.2, 0) is 0 Å². The largest absolute Gasteiger partial charge is 0.349 e. The Balaban J connectivity index is 1.52. The summed E-state index contributed by atoms with van der Waals surface area (Å²) in [5.74, 6) is 0.569. The van der Waals surface area contributed by atoms with Crippen molar-refractivity contribution in [2.45, 2.75) is 38.6 Å². The molecule has 1 aliphatic rings. The van der Waals surface area contributed by atoms with Crippen molar-refractivity contribution in [1.82, 2.24) is 19.9 Å². The normalized spacial score (nSPS) is 20.5. The molecule has 0 saturated heterocycles. The van der Waals surface area contributed by atoms with E-state index in [0.717, 1.165) is 23.3 Å². The number of carbonyl (C=O) groups is 1. The van der Waals surface area contributed by atoms with Crippen molar-refractivity contribution in [3.8, 4) is 5.69 Å². The Kier molecular flexibility index (Phi) is 4.22. The van der Waals surface area contributed by atoms with E-state index in [4.69, 9.17) is 0 Å². The second-order valence-corrected chi connectivity index (χ2v) is 6.85. The molecule has 2 atom stereocenters. The van der Waals surface area contributed by atoms with Crippen molar-refractivity contribution in [2.75, 3.05) is 0 Å². The number of nitrogens with zero attached hydrogens (tertiary/aromatic N) is 3. The summed E-state index contributed by atoms with van der Waals surface area (Å²) in [5.41, 5.74) is 3.31. The molecule has 4 rings (SSSR count). The highest BCUT2D eigenvalue weighted by molar-refractivity contribution is 5.94. The third kappa shape index (κ3) is 3.14. The quantitative estimate of drug-likeness (QED) is 0.794. The van der Waals surface area contributed by atoms with E-state index in [2.05, 4.69) is 22.2 Å². The van der Waals surface area contributed by atoms with E-state index in [9.17, 15) is 4.79 Å². The first-order chi connectivity index (χ1) is 12.2. The molecule has 1 amide bonds. The van der Waals surface area contributed by atoms with Crippen LogP contribution in [0.25, 0.3) is 16.9 Å². The fourth-order valence-electron chi connectivity index (χ4n) is 3.59. The number of benzene rings is 1. The van der Waals surface area contributed by atoms with E-state index in [1.165, 1.54) is 19.3 Å². The van der Waals surface area contributed by atoms with Crippen LogP contribution < -0.4 is 5.32 Å². The smallest absolute Gasteiger partial charge is 0.251 e. The topological polar surface area (TPSA) is 59.8 Å². The molecule has 2 heterocycles. The zero-order valence-corrected chi connectivity index (χ0v) is 14.4. The molecular weight excluding hydrogens is 312 g/mol. The molecule has 1 aromatic carbocycles. The van der Waals surface area contributed by atoms with Crippen LogP contribution >= 0.6 is 0 Å². The minimum atomic E-state index is 0.0129. The minimum Gasteiger partial charge on any atom is -0.349 e. The first kappa shape index (κ1) is 15.8. The predicted octanol–water partition coefficient (Wildman–Crippen LogP) is 3.73. The summed E-state index contributed by atoms with van der Waals surface area (Å²) in [6.45, 7) is 2.23. The number of pyridine rings is 1. The predicted molar refractivity (Wildman–Crippen MR) is 97.8 cm³/mol. The van der Waals surface area contributed by atoms with Gasteiger partial charge in [0.05, 0.1) is 0 Å². The highest BCUT2D eigenvalue weighted by atomic mass is 16.1. The highest BCUT2D eigenvalue weighted by Crippen LogP contribution is 2.24. The Hall–Kier alpha value is -2.69. The first-order valence-corrected chi connectivity index (χ1v) is 8.92. The summed E-state index contributed by atoms with van der Waals surface area (Å²) in [4.78, 5) is 21.3. The van der Waals surface area contributed by atoms with Crippen LogP contribution in [0.2, 0.25) is 0 Å². The molecule has 5 heteroatoms. The summed E-state index contributed by atoms with van der Waals surface area (Å²) < 4.78 is 1.93. The Labute approximate surface area is 147 Å². The Bertz CT molecular complexity index is 884. The van der Waals surface area contributed by atoms with Gasteiger partial charge < -0.3 is 5.32 Å². The lowest BCUT2D eigenvalue weighted by Crippen LogP contribution is -2.41. The van der Waals surface area contributed by atoms with Gasteiger partial charge in [-0.3, -0.25) is 9.36 Å². The van der Waals surface area contributed by atoms with Crippen molar-refractivity contribution in [3.63, 3.8) is 0 Å². The maximum atomic E-state index is 12.5. The SMILES string of the molecule is CC1CCCCC1NC(=O)c1ccc(-n2cnc3cccnc32)cc1. The molecule has 2 unspecified atom stereocenters. The summed E-state index contributed by atoms with van der Waals surface area (Å²) in [6.07, 6.45) is 8.27. The lowest BCUT2D eigenvalue weighted by Gasteiger charge is -2.29. The zero-order chi connectivity index (χ0) is 17.2. The molecule has 3 aromatic rings. The second kappa shape index (κ2) is 6.67. The fourth-order valence-corrected chi connectivity index (χ4v) is 3.59. The third-order valence-electron chi connectivity index (χ3n) is 5.14. The van der Waals surface area contributed by atoms with Gasteiger partial charge in [0, 0.05) is 23.5 Å². The van der Waals surface area contributed by atoms with E-state index >= 15 is 0 Å². The van der Waals surface area contributed by atoms with Gasteiger partial charge in [-0.15, -0.1) is 0 Å². The van der Waals surface area contributed by atoms with Crippen LogP contribution in [0, 0.1) is 5.92 Å². The molecule has 128 valence electrons. The number of nitrogens with one attached hydrogen (secondary N) is 1. The van der Waals surface area contributed by atoms with Gasteiger partial charge in [-0.1, -0.05) is 19.8 Å². The van der Waals surface area contributed by atoms with Crippen LogP contribution in [0.15, 0.2) is 48.9 Å². The lowest BCUT2D eigenvalue weighted by atomic mass is 9.86. The Morgan fingerprint density at radius 2 is 1.92 bits per heavy atom. The van der Waals surface area contributed by atoms with E-state index in [-0.39, 0.29) is 5.91 Å². The number of rotatable bonds is 3. The number of hydrogen-bond acceptors (Lipinski definition) is 3. The third-order valence-corrected chi connectivity index (χ3v) is 5.14. The molecule has 0 spiro atoms. The van der Waals surface area contributed by atoms with Gasteiger partial charge in [-0.2, -0.15) is 0 Å². The van der Waals surface area contributed by atoms with E-state index < -0.39 is 0 Å². The van der Waals surface area contributed by atoms with Crippen molar-refractivity contribution >= 4 is 17.1 Å². The van der Waals surface area contributed by atoms with E-state index in [0.29, 0.717) is 17.5 Å². The fraction of sp³-hybridized carbons (Fsp3) is 0.350. The van der Waals surface area contributed by atoms with Crippen LogP contribution in [0.5, 0.6) is 0 Å². The monoisotopic (exact) mass is 334 g/mol. The number of aromatic nitrogens is 3. The maximum Gasteiger partial charge on any atom is 0.251 e. The molecule has 1 aliphatic carbocycles. The van der Waals surface area contributed by atoms with Crippen molar-refractivity contribution in [3.05, 3.63) is 54.5 Å². The van der Waals surface area contributed by atoms with Gasteiger partial charge in [-0.25, -0.2) is 9.97 Å². The van der Waals surface area contributed by atoms with Gasteiger partial charge in [0.2, 0.25) is 0 Å². The molecular formula is C20H22N4O. The van der Waals surface area contributed by atoms with Crippen molar-refractivity contribution < 1.29 is 4.79 Å². The first-order valence-electron chi connectivity index (χ1n) is 8.92. The van der Waals surface area contributed by atoms with Gasteiger partial charge in [0.15, 0.2) is 5.65 Å². The molecule has 0 aliphatic heterocycles. The summed E-state index contributed by atoms with van der Waals surface area (Å²) in [5, 5.41) is 3.20. The molecule has 5 nitrogen and oxygen atoms in total. The average molecular weight is 334 g/mol. The summed E-state index contributed by atoms with van der Waals surface area (Å²) in [7, 11) is 0. The molecule has 2 aromatic heterocycles. The summed E-state index contributed by atoms with van der Waals surface area (Å²) >= 11 is 0. The van der Waals surface area contributed by atoms with Crippen LogP contribution in [0.3, 0.4) is 0 Å². The lowest BCUT2D eigenvalue weighted by molar-refractivity contribution is 0.0910. The molecule has 25 heavy (non-hydrogen) atoms. The Morgan fingerprint density at radius 3 is 2.72 bits per heavy atom. The van der Waals surface area contributed by atoms with Crippen molar-refractivity contribution in [1.29, 1.82) is 0 Å². The van der Waals surface area contributed by atoms with E-state index in [1.807, 2.05) is 41.0 Å². The molecule has 1 N–H and O–H groups in total. The Morgan fingerprint density at radius 1 is 1.12 bits per heavy atom. The number of imidazole rings is 1. The van der Waals surface area contributed by atoms with Crippen molar-refractivity contribution in [2.24, 2.45) is 5.92 Å². The van der Waals surface area contributed by atoms with Crippen LogP contribution in [0.1, 0.15) is 43.0 Å². The van der Waals surface area contributed by atoms with Crippen LogP contribution in [0.4, 0.5) is 0 Å². The number of hydrogen-bond donors (Lipinski definition) is 1. The van der Waals surface area contributed by atoms with E-state index in [1.54, 1.807) is 12.5 Å². The molecule has 0 radical (unpaired) electrons. The maximum absolute atomic E-state index is 12.5. The van der Waals surface area contributed by atoms with Gasteiger partial charge >= 0.3 is 0 Å². The van der Waals surface area contributed by atoms with Gasteiger partial charge in [0.1, 0.15) is 11.8 Å². The number of carbonyl (C=O) groups excluding carboxylic acids is 1.